The highest BCUT2D eigenvalue weighted by molar-refractivity contribution is 5.83. The molecule has 9 heteroatoms. The van der Waals surface area contributed by atoms with Crippen molar-refractivity contribution in [2.75, 3.05) is 20.2 Å². The van der Waals surface area contributed by atoms with Gasteiger partial charge in [0.2, 0.25) is 17.6 Å². The van der Waals surface area contributed by atoms with Gasteiger partial charge in [-0.2, -0.15) is 18.2 Å². The van der Waals surface area contributed by atoms with Gasteiger partial charge in [-0.05, 0) is 31.4 Å². The molecule has 0 bridgehead atoms. The highest BCUT2D eigenvalue weighted by Crippen LogP contribution is 2.31. The summed E-state index contributed by atoms with van der Waals surface area (Å²) >= 11 is 0. The van der Waals surface area contributed by atoms with Crippen molar-refractivity contribution in [3.05, 3.63) is 29.7 Å². The molecule has 1 unspecified atom stereocenters. The standard InChI is InChI=1S/C17H18F3N3O3/c1-10-5-6-11(8-13(10)25-2)14-21-15(26-22-14)12-4-3-7-23(16(12)24)9-17(18,19)20/h5-6,8,12H,3-4,7,9H2,1-2H3. The molecule has 2 aromatic rings. The van der Waals surface area contributed by atoms with Crippen LogP contribution in [0.1, 0.15) is 30.2 Å². The van der Waals surface area contributed by atoms with Crippen molar-refractivity contribution in [2.24, 2.45) is 0 Å². The van der Waals surface area contributed by atoms with Crippen molar-refractivity contribution in [1.82, 2.24) is 15.0 Å². The average Bonchev–Trinajstić information content (AvgIpc) is 3.06. The number of benzene rings is 1. The first-order valence-electron chi connectivity index (χ1n) is 8.12. The van der Waals surface area contributed by atoms with Crippen molar-refractivity contribution in [3.8, 4) is 17.1 Å². The van der Waals surface area contributed by atoms with Crippen LogP contribution in [0.25, 0.3) is 11.4 Å². The van der Waals surface area contributed by atoms with E-state index in [0.717, 1.165) is 10.5 Å². The molecule has 0 aliphatic carbocycles. The molecule has 1 aliphatic heterocycles. The SMILES string of the molecule is COc1cc(-c2noc(C3CCCN(CC(F)(F)F)C3=O)n2)ccc1C. The van der Waals surface area contributed by atoms with Gasteiger partial charge in [0, 0.05) is 12.1 Å². The number of rotatable bonds is 4. The molecule has 1 aromatic carbocycles. The molecule has 0 radical (unpaired) electrons. The van der Waals surface area contributed by atoms with Crippen LogP contribution in [0.4, 0.5) is 13.2 Å². The molecule has 1 atom stereocenters. The van der Waals surface area contributed by atoms with Gasteiger partial charge in [0.25, 0.3) is 0 Å². The number of likely N-dealkylation sites (tertiary alicyclic amines) is 1. The largest absolute Gasteiger partial charge is 0.496 e. The van der Waals surface area contributed by atoms with Crippen molar-refractivity contribution < 1.29 is 27.2 Å². The summed E-state index contributed by atoms with van der Waals surface area (Å²) in [6.07, 6.45) is -3.61. The van der Waals surface area contributed by atoms with Gasteiger partial charge in [-0.1, -0.05) is 17.3 Å². The summed E-state index contributed by atoms with van der Waals surface area (Å²) in [5.41, 5.74) is 1.57. The number of aryl methyl sites for hydroxylation is 1. The van der Waals surface area contributed by atoms with E-state index in [1.165, 1.54) is 0 Å². The molecular formula is C17H18F3N3O3. The zero-order valence-corrected chi connectivity index (χ0v) is 14.3. The number of ether oxygens (including phenoxy) is 1. The lowest BCUT2D eigenvalue weighted by molar-refractivity contribution is -0.165. The molecule has 26 heavy (non-hydrogen) atoms. The summed E-state index contributed by atoms with van der Waals surface area (Å²) in [5, 5.41) is 3.87. The van der Waals surface area contributed by atoms with Crippen molar-refractivity contribution in [3.63, 3.8) is 0 Å². The predicted octanol–water partition coefficient (Wildman–Crippen LogP) is 3.32. The lowest BCUT2D eigenvalue weighted by atomic mass is 9.97. The van der Waals surface area contributed by atoms with E-state index in [0.29, 0.717) is 24.2 Å². The second kappa shape index (κ2) is 6.97. The highest BCUT2D eigenvalue weighted by Gasteiger charge is 2.39. The number of amides is 1. The lowest BCUT2D eigenvalue weighted by Crippen LogP contribution is -2.45. The molecule has 1 fully saturated rings. The number of halogens is 3. The quantitative estimate of drug-likeness (QED) is 0.827. The Kier molecular flexibility index (Phi) is 4.88. The van der Waals surface area contributed by atoms with Gasteiger partial charge >= 0.3 is 6.18 Å². The average molecular weight is 369 g/mol. The number of carbonyl (C=O) groups excluding carboxylic acids is 1. The molecule has 1 aromatic heterocycles. The van der Waals surface area contributed by atoms with E-state index < -0.39 is 24.5 Å². The summed E-state index contributed by atoms with van der Waals surface area (Å²) in [4.78, 5) is 17.4. The third kappa shape index (κ3) is 3.81. The van der Waals surface area contributed by atoms with Crippen LogP contribution in [0.3, 0.4) is 0 Å². The van der Waals surface area contributed by atoms with Gasteiger partial charge < -0.3 is 14.2 Å². The fourth-order valence-electron chi connectivity index (χ4n) is 3.00. The fraction of sp³-hybridized carbons (Fsp3) is 0.471. The molecule has 0 saturated carbocycles. The third-order valence-corrected chi connectivity index (χ3v) is 4.31. The van der Waals surface area contributed by atoms with Crippen LogP contribution in [0.2, 0.25) is 0 Å². The minimum atomic E-state index is -4.43. The van der Waals surface area contributed by atoms with Crippen molar-refractivity contribution in [2.45, 2.75) is 31.9 Å². The van der Waals surface area contributed by atoms with E-state index in [2.05, 4.69) is 10.1 Å². The number of alkyl halides is 3. The van der Waals surface area contributed by atoms with Gasteiger partial charge in [0.05, 0.1) is 7.11 Å². The van der Waals surface area contributed by atoms with E-state index in [4.69, 9.17) is 9.26 Å². The molecule has 1 amide bonds. The number of piperidine rings is 1. The molecule has 2 heterocycles. The minimum absolute atomic E-state index is 0.0383. The van der Waals surface area contributed by atoms with Gasteiger partial charge in [-0.15, -0.1) is 0 Å². The second-order valence-corrected chi connectivity index (χ2v) is 6.21. The Labute approximate surface area is 147 Å². The van der Waals surface area contributed by atoms with E-state index in [1.54, 1.807) is 19.2 Å². The monoisotopic (exact) mass is 369 g/mol. The Bertz CT molecular complexity index is 804. The molecule has 0 N–H and O–H groups in total. The summed E-state index contributed by atoms with van der Waals surface area (Å²) in [5.74, 6) is -0.528. The van der Waals surface area contributed by atoms with Crippen LogP contribution in [-0.4, -0.2) is 47.3 Å². The third-order valence-electron chi connectivity index (χ3n) is 4.31. The number of nitrogens with zero attached hydrogens (tertiary/aromatic N) is 3. The molecule has 140 valence electrons. The van der Waals surface area contributed by atoms with Gasteiger partial charge in [0.1, 0.15) is 18.2 Å². The predicted molar refractivity (Wildman–Crippen MR) is 85.6 cm³/mol. The van der Waals surface area contributed by atoms with Crippen LogP contribution in [0, 0.1) is 6.92 Å². The Balaban J connectivity index is 1.82. The first kappa shape index (κ1) is 18.2. The first-order valence-corrected chi connectivity index (χ1v) is 8.12. The van der Waals surface area contributed by atoms with Crippen LogP contribution >= 0.6 is 0 Å². The van der Waals surface area contributed by atoms with E-state index in [-0.39, 0.29) is 18.3 Å². The Morgan fingerprint density at radius 2 is 2.15 bits per heavy atom. The smallest absolute Gasteiger partial charge is 0.406 e. The Morgan fingerprint density at radius 3 is 2.85 bits per heavy atom. The maximum atomic E-state index is 12.6. The normalized spacial score (nSPS) is 18.3. The summed E-state index contributed by atoms with van der Waals surface area (Å²) < 4.78 is 48.3. The molecular weight excluding hydrogens is 351 g/mol. The lowest BCUT2D eigenvalue weighted by Gasteiger charge is -2.31. The topological polar surface area (TPSA) is 68.5 Å². The van der Waals surface area contributed by atoms with Crippen molar-refractivity contribution in [1.29, 1.82) is 0 Å². The zero-order chi connectivity index (χ0) is 18.9. The number of hydrogen-bond acceptors (Lipinski definition) is 5. The molecule has 1 saturated heterocycles. The second-order valence-electron chi connectivity index (χ2n) is 6.21. The summed E-state index contributed by atoms with van der Waals surface area (Å²) in [7, 11) is 1.55. The minimum Gasteiger partial charge on any atom is -0.496 e. The van der Waals surface area contributed by atoms with Crippen molar-refractivity contribution >= 4 is 5.91 Å². The number of hydrogen-bond donors (Lipinski definition) is 0. The number of methoxy groups -OCH3 is 1. The van der Waals surface area contributed by atoms with E-state index in [1.807, 2.05) is 13.0 Å². The number of aromatic nitrogens is 2. The van der Waals surface area contributed by atoms with Gasteiger partial charge in [0.15, 0.2) is 0 Å². The zero-order valence-electron chi connectivity index (χ0n) is 14.3. The molecule has 0 spiro atoms. The number of carbonyl (C=O) groups is 1. The fourth-order valence-corrected chi connectivity index (χ4v) is 3.00. The summed E-state index contributed by atoms with van der Waals surface area (Å²) in [6.45, 7) is 0.698. The first-order chi connectivity index (χ1) is 12.3. The van der Waals surface area contributed by atoms with Gasteiger partial charge in [-0.25, -0.2) is 0 Å². The van der Waals surface area contributed by atoms with Crippen LogP contribution in [-0.2, 0) is 4.79 Å². The summed E-state index contributed by atoms with van der Waals surface area (Å²) in [6, 6.07) is 5.36. The molecule has 1 aliphatic rings. The Hall–Kier alpha value is -2.58. The maximum absolute atomic E-state index is 12.6. The van der Waals surface area contributed by atoms with Crippen LogP contribution in [0.5, 0.6) is 5.75 Å². The van der Waals surface area contributed by atoms with E-state index >= 15 is 0 Å². The molecule has 3 rings (SSSR count). The van der Waals surface area contributed by atoms with Gasteiger partial charge in [-0.3, -0.25) is 4.79 Å². The van der Waals surface area contributed by atoms with Crippen LogP contribution < -0.4 is 4.74 Å². The molecule has 6 nitrogen and oxygen atoms in total. The Morgan fingerprint density at radius 1 is 1.38 bits per heavy atom. The maximum Gasteiger partial charge on any atom is 0.406 e. The van der Waals surface area contributed by atoms with Crippen LogP contribution in [0.15, 0.2) is 22.7 Å². The highest BCUT2D eigenvalue weighted by atomic mass is 19.4. The van der Waals surface area contributed by atoms with E-state index in [9.17, 15) is 18.0 Å².